The molecule has 0 amide bonds. The third-order valence-electron chi connectivity index (χ3n) is 3.98. The number of hydrogen-bond acceptors (Lipinski definition) is 5. The fraction of sp³-hybridized carbons (Fsp3) is 0.211. The molecule has 0 unspecified atom stereocenters. The van der Waals surface area contributed by atoms with Crippen molar-refractivity contribution in [3.8, 4) is 17.2 Å². The number of para-hydroxylation sites is 1. The number of hydrogen-bond donors (Lipinski definition) is 0. The van der Waals surface area contributed by atoms with Crippen LogP contribution in [0.15, 0.2) is 39.5 Å². The largest absolute Gasteiger partial charge is 0.493 e. The van der Waals surface area contributed by atoms with E-state index in [0.717, 1.165) is 16.6 Å². The van der Waals surface area contributed by atoms with Crippen LogP contribution in [0.2, 0.25) is 0 Å². The summed E-state index contributed by atoms with van der Waals surface area (Å²) in [5.41, 5.74) is 3.05. The fourth-order valence-electron chi connectivity index (χ4n) is 2.75. The molecule has 0 aliphatic rings. The smallest absolute Gasteiger partial charge is 0.419 e. The lowest BCUT2D eigenvalue weighted by Crippen LogP contribution is -2.08. The Morgan fingerprint density at radius 2 is 1.68 bits per heavy atom. The third-order valence-corrected chi connectivity index (χ3v) is 3.98. The van der Waals surface area contributed by atoms with E-state index in [9.17, 15) is 4.79 Å². The van der Waals surface area contributed by atoms with Crippen LogP contribution in [0.5, 0.6) is 17.2 Å². The van der Waals surface area contributed by atoms with Gasteiger partial charge in [-0.15, -0.1) is 0 Å². The lowest BCUT2D eigenvalue weighted by Gasteiger charge is -2.12. The van der Waals surface area contributed by atoms with E-state index in [0.29, 0.717) is 22.8 Å². The topological polar surface area (TPSA) is 62.8 Å². The molecule has 130 valence electrons. The predicted molar refractivity (Wildman–Crippen MR) is 96.5 cm³/mol. The summed E-state index contributed by atoms with van der Waals surface area (Å²) in [5, 5.41) is 0. The Kier molecular flexibility index (Phi) is 4.52. The van der Waals surface area contributed by atoms with Crippen LogP contribution < -0.4 is 20.0 Å². The van der Waals surface area contributed by atoms with Gasteiger partial charge in [0.15, 0.2) is 17.1 Å². The molecule has 0 N–H and O–H groups in total. The van der Waals surface area contributed by atoms with Crippen molar-refractivity contribution in [2.75, 3.05) is 21.3 Å². The zero-order valence-corrected chi connectivity index (χ0v) is 14.5. The van der Waals surface area contributed by atoms with Crippen molar-refractivity contribution >= 4 is 23.3 Å². The second-order valence-electron chi connectivity index (χ2n) is 5.41. The average Bonchev–Trinajstić information content (AvgIpc) is 2.93. The second kappa shape index (κ2) is 6.76. The highest BCUT2D eigenvalue weighted by Gasteiger charge is 2.12. The van der Waals surface area contributed by atoms with Crippen molar-refractivity contribution in [3.05, 3.63) is 52.0 Å². The maximum absolute atomic E-state index is 11.7. The van der Waals surface area contributed by atoms with Crippen LogP contribution in [0.3, 0.4) is 0 Å². The molecule has 2 aromatic carbocycles. The van der Waals surface area contributed by atoms with E-state index in [4.69, 9.17) is 18.6 Å². The van der Waals surface area contributed by atoms with Crippen molar-refractivity contribution < 1.29 is 18.6 Å². The van der Waals surface area contributed by atoms with E-state index >= 15 is 0 Å². The van der Waals surface area contributed by atoms with Gasteiger partial charge in [-0.2, -0.15) is 0 Å². The SMILES string of the molecule is COc1cc(/C=C/c2cccc3oc(=O)n(C)c23)cc(OC)c1OC. The van der Waals surface area contributed by atoms with Gasteiger partial charge in [0.05, 0.1) is 26.8 Å². The molecule has 0 saturated heterocycles. The van der Waals surface area contributed by atoms with Crippen LogP contribution in [-0.2, 0) is 7.05 Å². The monoisotopic (exact) mass is 341 g/mol. The second-order valence-corrected chi connectivity index (χ2v) is 5.41. The van der Waals surface area contributed by atoms with E-state index in [1.54, 1.807) is 34.4 Å². The molecule has 0 fully saturated rings. The number of oxazole rings is 1. The first kappa shape index (κ1) is 16.7. The van der Waals surface area contributed by atoms with Crippen molar-refractivity contribution in [3.63, 3.8) is 0 Å². The lowest BCUT2D eigenvalue weighted by molar-refractivity contribution is 0.324. The van der Waals surface area contributed by atoms with Crippen molar-refractivity contribution in [2.45, 2.75) is 0 Å². The molecule has 6 nitrogen and oxygen atoms in total. The molecule has 3 aromatic rings. The first-order valence-corrected chi connectivity index (χ1v) is 7.65. The molecule has 0 spiro atoms. The van der Waals surface area contributed by atoms with Gasteiger partial charge in [-0.1, -0.05) is 24.3 Å². The summed E-state index contributed by atoms with van der Waals surface area (Å²) in [6.45, 7) is 0. The summed E-state index contributed by atoms with van der Waals surface area (Å²) in [7, 11) is 6.40. The van der Waals surface area contributed by atoms with Gasteiger partial charge in [-0.3, -0.25) is 4.57 Å². The molecule has 25 heavy (non-hydrogen) atoms. The number of aryl methyl sites for hydroxylation is 1. The standard InChI is InChI=1S/C19H19NO5/c1-20-17-13(6-5-7-14(17)25-19(20)21)9-8-12-10-15(22-2)18(24-4)16(11-12)23-3/h5-11H,1-4H3/b9-8+. The molecule has 0 aliphatic heterocycles. The first-order valence-electron chi connectivity index (χ1n) is 7.65. The normalized spacial score (nSPS) is 11.2. The van der Waals surface area contributed by atoms with E-state index in [1.807, 2.05) is 36.4 Å². The van der Waals surface area contributed by atoms with Gasteiger partial charge in [-0.05, 0) is 23.8 Å². The summed E-state index contributed by atoms with van der Waals surface area (Å²) >= 11 is 0. The van der Waals surface area contributed by atoms with Crippen LogP contribution in [0.1, 0.15) is 11.1 Å². The quantitative estimate of drug-likeness (QED) is 0.666. The van der Waals surface area contributed by atoms with Gasteiger partial charge in [0, 0.05) is 12.6 Å². The number of fused-ring (bicyclic) bond motifs is 1. The Balaban J connectivity index is 2.07. The summed E-state index contributed by atoms with van der Waals surface area (Å²) in [6, 6.07) is 9.25. The Bertz CT molecular complexity index is 972. The molecule has 6 heteroatoms. The van der Waals surface area contributed by atoms with E-state index in [-0.39, 0.29) is 5.76 Å². The number of benzene rings is 2. The maximum atomic E-state index is 11.7. The van der Waals surface area contributed by atoms with E-state index in [1.165, 1.54) is 4.57 Å². The molecule has 0 bridgehead atoms. The van der Waals surface area contributed by atoms with E-state index in [2.05, 4.69) is 0 Å². The summed E-state index contributed by atoms with van der Waals surface area (Å²) in [5.74, 6) is 1.32. The zero-order chi connectivity index (χ0) is 18.0. The Morgan fingerprint density at radius 1 is 1.00 bits per heavy atom. The number of nitrogens with zero attached hydrogens (tertiary/aromatic N) is 1. The minimum absolute atomic E-state index is 0.386. The number of rotatable bonds is 5. The van der Waals surface area contributed by atoms with Gasteiger partial charge in [0.2, 0.25) is 5.75 Å². The summed E-state index contributed by atoms with van der Waals surface area (Å²) in [4.78, 5) is 11.7. The maximum Gasteiger partial charge on any atom is 0.419 e. The molecular weight excluding hydrogens is 322 g/mol. The van der Waals surface area contributed by atoms with Crippen molar-refractivity contribution in [1.29, 1.82) is 0 Å². The zero-order valence-electron chi connectivity index (χ0n) is 14.5. The van der Waals surface area contributed by atoms with Crippen LogP contribution >= 0.6 is 0 Å². The number of methoxy groups -OCH3 is 3. The highest BCUT2D eigenvalue weighted by Crippen LogP contribution is 2.38. The highest BCUT2D eigenvalue weighted by atomic mass is 16.5. The van der Waals surface area contributed by atoms with E-state index < -0.39 is 0 Å². The van der Waals surface area contributed by atoms with Crippen LogP contribution in [0.4, 0.5) is 0 Å². The third kappa shape index (κ3) is 2.98. The summed E-state index contributed by atoms with van der Waals surface area (Å²) in [6.07, 6.45) is 3.83. The van der Waals surface area contributed by atoms with Gasteiger partial charge in [0.25, 0.3) is 0 Å². The fourth-order valence-corrected chi connectivity index (χ4v) is 2.75. The Labute approximate surface area is 144 Å². The Morgan fingerprint density at radius 3 is 2.28 bits per heavy atom. The Hall–Kier alpha value is -3.15. The molecule has 0 atom stereocenters. The van der Waals surface area contributed by atoms with Crippen molar-refractivity contribution in [1.82, 2.24) is 4.57 Å². The summed E-state index contributed by atoms with van der Waals surface area (Å²) < 4.78 is 22.8. The first-order chi connectivity index (χ1) is 12.1. The van der Waals surface area contributed by atoms with Gasteiger partial charge < -0.3 is 18.6 Å². The lowest BCUT2D eigenvalue weighted by atomic mass is 10.1. The highest BCUT2D eigenvalue weighted by molar-refractivity contribution is 5.87. The minimum Gasteiger partial charge on any atom is -0.493 e. The number of aromatic nitrogens is 1. The van der Waals surface area contributed by atoms with Crippen LogP contribution in [-0.4, -0.2) is 25.9 Å². The molecule has 3 rings (SSSR count). The van der Waals surface area contributed by atoms with Gasteiger partial charge in [0.1, 0.15) is 0 Å². The predicted octanol–water partition coefficient (Wildman–Crippen LogP) is 3.33. The minimum atomic E-state index is -0.386. The van der Waals surface area contributed by atoms with Crippen LogP contribution in [0, 0.1) is 0 Å². The van der Waals surface area contributed by atoms with Gasteiger partial charge in [-0.25, -0.2) is 4.79 Å². The van der Waals surface area contributed by atoms with Gasteiger partial charge >= 0.3 is 5.76 Å². The van der Waals surface area contributed by atoms with Crippen LogP contribution in [0.25, 0.3) is 23.3 Å². The molecule has 0 saturated carbocycles. The molecule has 1 aromatic heterocycles. The molecule has 0 radical (unpaired) electrons. The number of ether oxygens (including phenoxy) is 3. The molecular formula is C19H19NO5. The van der Waals surface area contributed by atoms with Crippen molar-refractivity contribution in [2.24, 2.45) is 7.05 Å². The average molecular weight is 341 g/mol. The molecule has 1 heterocycles. The molecule has 0 aliphatic carbocycles.